The number of rotatable bonds is 0. The van der Waals surface area contributed by atoms with E-state index in [1.807, 2.05) is 30.3 Å². The average Bonchev–Trinajstić information content (AvgIpc) is 2.46. The molecule has 0 amide bonds. The molecule has 1 saturated carbocycles. The second-order valence-corrected chi connectivity index (χ2v) is 6.14. The number of carbonyl (C=O) groups is 1. The Bertz CT molecular complexity index is 681. The van der Waals surface area contributed by atoms with Crippen molar-refractivity contribution in [3.8, 4) is 5.75 Å². The molecule has 1 heterocycles. The first-order valence-electron chi connectivity index (χ1n) is 7.51. The molecule has 2 nitrogen and oxygen atoms in total. The molecule has 2 heteroatoms. The van der Waals surface area contributed by atoms with Gasteiger partial charge in [0.1, 0.15) is 11.4 Å². The van der Waals surface area contributed by atoms with Crippen molar-refractivity contribution >= 4 is 16.6 Å². The minimum atomic E-state index is -0.217. The summed E-state index contributed by atoms with van der Waals surface area (Å²) in [6.45, 7) is 0. The Hall–Kier alpha value is -1.83. The number of ether oxygens (including phenoxy) is 1. The lowest BCUT2D eigenvalue weighted by molar-refractivity contribution is 0.0138. The normalized spacial score (nSPS) is 20.7. The van der Waals surface area contributed by atoms with Gasteiger partial charge in [0.15, 0.2) is 5.78 Å². The van der Waals surface area contributed by atoms with E-state index in [0.29, 0.717) is 6.42 Å². The fourth-order valence-corrected chi connectivity index (χ4v) is 3.65. The third-order valence-electron chi connectivity index (χ3n) is 4.72. The van der Waals surface area contributed by atoms with E-state index in [9.17, 15) is 4.79 Å². The molecule has 0 radical (unpaired) electrons. The minimum absolute atomic E-state index is 0.217. The number of carbonyl (C=O) groups excluding carboxylic acids is 1. The quantitative estimate of drug-likeness (QED) is 0.701. The third-order valence-corrected chi connectivity index (χ3v) is 4.72. The van der Waals surface area contributed by atoms with Crippen LogP contribution in [0, 0.1) is 0 Å². The standard InChI is InChI=1S/C18H18O2/c19-16-12-18(8-4-1-5-9-18)20-17-11-14-7-3-2-6-13(14)10-15(16)17/h2-3,6-7,10-11H,1,4-5,8-9,12H2. The van der Waals surface area contributed by atoms with Crippen LogP contribution in [0.15, 0.2) is 36.4 Å². The molecule has 0 atom stereocenters. The van der Waals surface area contributed by atoms with Gasteiger partial charge in [0.2, 0.25) is 0 Å². The summed E-state index contributed by atoms with van der Waals surface area (Å²) in [7, 11) is 0. The first-order valence-corrected chi connectivity index (χ1v) is 7.51. The fourth-order valence-electron chi connectivity index (χ4n) is 3.65. The molecule has 0 N–H and O–H groups in total. The Labute approximate surface area is 118 Å². The second kappa shape index (κ2) is 4.34. The maximum absolute atomic E-state index is 12.5. The van der Waals surface area contributed by atoms with Gasteiger partial charge in [-0.25, -0.2) is 0 Å². The summed E-state index contributed by atoms with van der Waals surface area (Å²) >= 11 is 0. The van der Waals surface area contributed by atoms with Gasteiger partial charge >= 0.3 is 0 Å². The number of fused-ring (bicyclic) bond motifs is 2. The highest BCUT2D eigenvalue weighted by Gasteiger charge is 2.41. The number of Topliss-reactive ketones (excluding diaryl/α,β-unsaturated/α-hetero) is 1. The molecule has 1 aliphatic heterocycles. The number of hydrogen-bond acceptors (Lipinski definition) is 2. The lowest BCUT2D eigenvalue weighted by Gasteiger charge is -2.40. The van der Waals surface area contributed by atoms with Crippen LogP contribution in [0.3, 0.4) is 0 Å². The SMILES string of the molecule is O=C1CC2(CCCCC2)Oc2cc3ccccc3cc21. The maximum atomic E-state index is 12.5. The molecular formula is C18H18O2. The van der Waals surface area contributed by atoms with Gasteiger partial charge < -0.3 is 4.74 Å². The van der Waals surface area contributed by atoms with Crippen molar-refractivity contribution in [1.82, 2.24) is 0 Å². The lowest BCUT2D eigenvalue weighted by Crippen LogP contribution is -2.43. The van der Waals surface area contributed by atoms with Crippen molar-refractivity contribution in [3.63, 3.8) is 0 Å². The minimum Gasteiger partial charge on any atom is -0.486 e. The summed E-state index contributed by atoms with van der Waals surface area (Å²) in [4.78, 5) is 12.5. The molecule has 1 fully saturated rings. The van der Waals surface area contributed by atoms with Crippen LogP contribution in [0.4, 0.5) is 0 Å². The van der Waals surface area contributed by atoms with Crippen molar-refractivity contribution in [3.05, 3.63) is 42.0 Å². The summed E-state index contributed by atoms with van der Waals surface area (Å²) < 4.78 is 6.32. The Kier molecular flexibility index (Phi) is 2.59. The summed E-state index contributed by atoms with van der Waals surface area (Å²) in [5.41, 5.74) is 0.546. The summed E-state index contributed by atoms with van der Waals surface area (Å²) in [5, 5.41) is 2.26. The van der Waals surface area contributed by atoms with Gasteiger partial charge in [-0.15, -0.1) is 0 Å². The molecule has 0 aromatic heterocycles. The summed E-state index contributed by atoms with van der Waals surface area (Å²) in [5.74, 6) is 1.04. The molecule has 2 aliphatic rings. The van der Waals surface area contributed by atoms with Crippen molar-refractivity contribution < 1.29 is 9.53 Å². The Morgan fingerprint density at radius 3 is 2.40 bits per heavy atom. The maximum Gasteiger partial charge on any atom is 0.170 e. The van der Waals surface area contributed by atoms with E-state index in [4.69, 9.17) is 4.74 Å². The monoisotopic (exact) mass is 266 g/mol. The molecule has 1 spiro atoms. The van der Waals surface area contributed by atoms with Crippen LogP contribution in [0.5, 0.6) is 5.75 Å². The van der Waals surface area contributed by atoms with Crippen LogP contribution < -0.4 is 4.74 Å². The van der Waals surface area contributed by atoms with Crippen LogP contribution in [-0.2, 0) is 0 Å². The highest BCUT2D eigenvalue weighted by atomic mass is 16.5. The van der Waals surface area contributed by atoms with Gasteiger partial charge in [0.05, 0.1) is 12.0 Å². The molecule has 20 heavy (non-hydrogen) atoms. The second-order valence-electron chi connectivity index (χ2n) is 6.14. The van der Waals surface area contributed by atoms with Crippen LogP contribution in [-0.4, -0.2) is 11.4 Å². The van der Waals surface area contributed by atoms with Gasteiger partial charge in [-0.05, 0) is 48.6 Å². The predicted octanol–water partition coefficient (Wildman–Crippen LogP) is 4.51. The zero-order chi connectivity index (χ0) is 13.6. The Morgan fingerprint density at radius 1 is 0.950 bits per heavy atom. The molecule has 0 bridgehead atoms. The van der Waals surface area contributed by atoms with E-state index in [0.717, 1.165) is 34.9 Å². The fraction of sp³-hybridized carbons (Fsp3) is 0.389. The summed E-state index contributed by atoms with van der Waals surface area (Å²) in [6, 6.07) is 12.2. The van der Waals surface area contributed by atoms with Gasteiger partial charge in [0, 0.05) is 0 Å². The smallest absolute Gasteiger partial charge is 0.170 e. The molecule has 2 aromatic rings. The van der Waals surface area contributed by atoms with Crippen molar-refractivity contribution in [2.75, 3.05) is 0 Å². The average molecular weight is 266 g/mol. The molecule has 4 rings (SSSR count). The Morgan fingerprint density at radius 2 is 1.65 bits per heavy atom. The van der Waals surface area contributed by atoms with E-state index in [1.165, 1.54) is 19.3 Å². The van der Waals surface area contributed by atoms with E-state index in [2.05, 4.69) is 6.07 Å². The molecule has 1 aliphatic carbocycles. The predicted molar refractivity (Wildman–Crippen MR) is 79.3 cm³/mol. The largest absolute Gasteiger partial charge is 0.486 e. The van der Waals surface area contributed by atoms with Gasteiger partial charge in [0.25, 0.3) is 0 Å². The highest BCUT2D eigenvalue weighted by Crippen LogP contribution is 2.42. The molecular weight excluding hydrogens is 248 g/mol. The molecule has 0 unspecified atom stereocenters. The third kappa shape index (κ3) is 1.82. The van der Waals surface area contributed by atoms with Crippen molar-refractivity contribution in [1.29, 1.82) is 0 Å². The van der Waals surface area contributed by atoms with Crippen LogP contribution in [0.25, 0.3) is 10.8 Å². The number of benzene rings is 2. The zero-order valence-electron chi connectivity index (χ0n) is 11.5. The van der Waals surface area contributed by atoms with Gasteiger partial charge in [-0.3, -0.25) is 4.79 Å². The van der Waals surface area contributed by atoms with Crippen LogP contribution in [0.2, 0.25) is 0 Å². The van der Waals surface area contributed by atoms with E-state index in [-0.39, 0.29) is 11.4 Å². The van der Waals surface area contributed by atoms with E-state index in [1.54, 1.807) is 0 Å². The molecule has 102 valence electrons. The van der Waals surface area contributed by atoms with Gasteiger partial charge in [-0.2, -0.15) is 0 Å². The summed E-state index contributed by atoms with van der Waals surface area (Å²) in [6.07, 6.45) is 6.21. The number of ketones is 1. The highest BCUT2D eigenvalue weighted by molar-refractivity contribution is 6.04. The Balaban J connectivity index is 1.82. The van der Waals surface area contributed by atoms with E-state index >= 15 is 0 Å². The first kappa shape index (κ1) is 12.0. The first-order chi connectivity index (χ1) is 9.76. The topological polar surface area (TPSA) is 26.3 Å². The van der Waals surface area contributed by atoms with Gasteiger partial charge in [-0.1, -0.05) is 30.7 Å². The lowest BCUT2D eigenvalue weighted by atomic mass is 9.78. The van der Waals surface area contributed by atoms with E-state index < -0.39 is 0 Å². The van der Waals surface area contributed by atoms with Crippen LogP contribution >= 0.6 is 0 Å². The van der Waals surface area contributed by atoms with Crippen molar-refractivity contribution in [2.24, 2.45) is 0 Å². The molecule has 2 aromatic carbocycles. The number of hydrogen-bond donors (Lipinski definition) is 0. The zero-order valence-corrected chi connectivity index (χ0v) is 11.5. The van der Waals surface area contributed by atoms with Crippen molar-refractivity contribution in [2.45, 2.75) is 44.1 Å². The molecule has 0 saturated heterocycles. The van der Waals surface area contributed by atoms with Crippen LogP contribution in [0.1, 0.15) is 48.9 Å².